The zero-order chi connectivity index (χ0) is 19.1. The van der Waals surface area contributed by atoms with E-state index in [0.29, 0.717) is 22.0 Å². The highest BCUT2D eigenvalue weighted by Gasteiger charge is 2.33. The maximum absolute atomic E-state index is 12.6. The third-order valence-electron chi connectivity index (χ3n) is 3.89. The van der Waals surface area contributed by atoms with Gasteiger partial charge in [-0.25, -0.2) is 14.8 Å². The number of H-pyrrole nitrogens is 1. The molecular formula is C16H10N4O5S2. The van der Waals surface area contributed by atoms with Gasteiger partial charge in [-0.2, -0.15) is 0 Å². The van der Waals surface area contributed by atoms with E-state index in [4.69, 9.17) is 0 Å². The normalized spacial score (nSPS) is 14.7. The van der Waals surface area contributed by atoms with Crippen LogP contribution >= 0.6 is 23.1 Å². The number of aromatic amines is 1. The van der Waals surface area contributed by atoms with Crippen molar-refractivity contribution in [2.24, 2.45) is 0 Å². The van der Waals surface area contributed by atoms with E-state index in [-0.39, 0.29) is 22.5 Å². The molecule has 0 aliphatic carbocycles. The van der Waals surface area contributed by atoms with Crippen molar-refractivity contribution < 1.29 is 24.3 Å². The van der Waals surface area contributed by atoms with E-state index in [1.807, 2.05) is 0 Å². The first kappa shape index (κ1) is 17.4. The molecule has 2 amide bonds. The third kappa shape index (κ3) is 3.00. The Morgan fingerprint density at radius 1 is 1.26 bits per heavy atom. The number of nitrogens with one attached hydrogen (secondary N) is 1. The number of hydrogen-bond donors (Lipinski definition) is 2. The molecule has 2 N–H and O–H groups in total. The summed E-state index contributed by atoms with van der Waals surface area (Å²) in [6.45, 7) is 0.179. The molecule has 4 heterocycles. The van der Waals surface area contributed by atoms with Gasteiger partial charge >= 0.3 is 11.9 Å². The van der Waals surface area contributed by atoms with Gasteiger partial charge in [0.05, 0.1) is 21.6 Å². The molecule has 1 aliphatic heterocycles. The van der Waals surface area contributed by atoms with Crippen LogP contribution < -0.4 is 0 Å². The number of carboxylic acid groups (broad SMARTS) is 1. The standard InChI is InChI=1S/C16H10N4O5S2/c21-13(20-3-4-26-16(25)14(20)22)10-2-1-9(27-10)8-6-18-12-11(19-8)7(5-17-12)15(23)24/h1-2,5-6H,3-4H2,(H,17,18)(H,23,24). The lowest BCUT2D eigenvalue weighted by atomic mass is 10.3. The molecule has 0 aromatic carbocycles. The highest BCUT2D eigenvalue weighted by Crippen LogP contribution is 2.29. The van der Waals surface area contributed by atoms with Gasteiger partial charge < -0.3 is 10.1 Å². The first-order valence-electron chi connectivity index (χ1n) is 7.66. The predicted molar refractivity (Wildman–Crippen MR) is 97.7 cm³/mol. The van der Waals surface area contributed by atoms with E-state index in [1.165, 1.54) is 12.4 Å². The fourth-order valence-electron chi connectivity index (χ4n) is 2.59. The zero-order valence-corrected chi connectivity index (χ0v) is 15.1. The molecule has 1 fully saturated rings. The Bertz CT molecular complexity index is 1120. The summed E-state index contributed by atoms with van der Waals surface area (Å²) < 4.78 is 0. The molecule has 0 saturated carbocycles. The van der Waals surface area contributed by atoms with Gasteiger partial charge in [0.25, 0.3) is 11.0 Å². The largest absolute Gasteiger partial charge is 0.478 e. The minimum atomic E-state index is -1.12. The Morgan fingerprint density at radius 2 is 2.07 bits per heavy atom. The Kier molecular flexibility index (Phi) is 4.24. The van der Waals surface area contributed by atoms with Crippen LogP contribution in [0.2, 0.25) is 0 Å². The number of thioether (sulfide) groups is 1. The Labute approximate surface area is 159 Å². The first-order chi connectivity index (χ1) is 13.0. The van der Waals surface area contributed by atoms with Crippen molar-refractivity contribution in [1.82, 2.24) is 19.9 Å². The molecule has 3 aromatic heterocycles. The van der Waals surface area contributed by atoms with E-state index in [1.54, 1.807) is 12.1 Å². The topological polar surface area (TPSA) is 133 Å². The van der Waals surface area contributed by atoms with Crippen molar-refractivity contribution in [2.45, 2.75) is 0 Å². The molecule has 0 radical (unpaired) electrons. The summed E-state index contributed by atoms with van der Waals surface area (Å²) in [5.74, 6) is -2.10. The molecule has 3 aromatic rings. The van der Waals surface area contributed by atoms with Crippen LogP contribution in [0.3, 0.4) is 0 Å². The lowest BCUT2D eigenvalue weighted by Gasteiger charge is -2.22. The van der Waals surface area contributed by atoms with Crippen LogP contribution in [0.5, 0.6) is 0 Å². The number of fused-ring (bicyclic) bond motifs is 1. The number of hydrogen-bond acceptors (Lipinski definition) is 8. The second-order valence-corrected chi connectivity index (χ2v) is 7.67. The van der Waals surface area contributed by atoms with Crippen molar-refractivity contribution in [3.63, 3.8) is 0 Å². The van der Waals surface area contributed by atoms with Gasteiger partial charge in [0.15, 0.2) is 5.65 Å². The van der Waals surface area contributed by atoms with E-state index >= 15 is 0 Å². The second kappa shape index (κ2) is 6.59. The molecule has 9 nitrogen and oxygen atoms in total. The first-order valence-corrected chi connectivity index (χ1v) is 9.46. The number of aromatic carboxylic acids is 1. The predicted octanol–water partition coefficient (Wildman–Crippen LogP) is 1.63. The Balaban J connectivity index is 1.66. The van der Waals surface area contributed by atoms with E-state index < -0.39 is 22.9 Å². The second-order valence-electron chi connectivity index (χ2n) is 5.52. The van der Waals surface area contributed by atoms with Gasteiger partial charge in [-0.1, -0.05) is 11.8 Å². The quantitative estimate of drug-likeness (QED) is 0.499. The van der Waals surface area contributed by atoms with Gasteiger partial charge in [-0.15, -0.1) is 11.3 Å². The van der Waals surface area contributed by atoms with Crippen LogP contribution in [0.15, 0.2) is 24.5 Å². The highest BCUT2D eigenvalue weighted by atomic mass is 32.2. The van der Waals surface area contributed by atoms with Gasteiger partial charge in [-0.3, -0.25) is 19.3 Å². The number of carboxylic acids is 1. The van der Waals surface area contributed by atoms with Crippen molar-refractivity contribution in [3.05, 3.63) is 35.0 Å². The molecule has 136 valence electrons. The molecule has 0 bridgehead atoms. The number of carbonyl (C=O) groups is 4. The molecular weight excluding hydrogens is 392 g/mol. The molecule has 27 heavy (non-hydrogen) atoms. The number of aromatic nitrogens is 3. The molecule has 1 aliphatic rings. The van der Waals surface area contributed by atoms with Crippen LogP contribution in [0.25, 0.3) is 21.7 Å². The molecule has 0 spiro atoms. The third-order valence-corrected chi connectivity index (χ3v) is 5.81. The van der Waals surface area contributed by atoms with Crippen LogP contribution in [-0.4, -0.2) is 60.2 Å². The zero-order valence-electron chi connectivity index (χ0n) is 13.5. The van der Waals surface area contributed by atoms with E-state index in [0.717, 1.165) is 28.0 Å². The van der Waals surface area contributed by atoms with Gasteiger partial charge in [0, 0.05) is 18.5 Å². The van der Waals surface area contributed by atoms with Gasteiger partial charge in [0.1, 0.15) is 11.1 Å². The maximum Gasteiger partial charge on any atom is 0.339 e. The molecule has 1 saturated heterocycles. The SMILES string of the molecule is O=C1SCCN(C(=O)c2ccc(-c3cnc4[nH]cc(C(=O)O)c4n3)s2)C1=O. The van der Waals surface area contributed by atoms with E-state index in [2.05, 4.69) is 15.0 Å². The summed E-state index contributed by atoms with van der Waals surface area (Å²) in [7, 11) is 0. The van der Waals surface area contributed by atoms with Crippen LogP contribution in [0.1, 0.15) is 20.0 Å². The van der Waals surface area contributed by atoms with Crippen LogP contribution in [0, 0.1) is 0 Å². The molecule has 4 rings (SSSR count). The van der Waals surface area contributed by atoms with Crippen molar-refractivity contribution in [2.75, 3.05) is 12.3 Å². The van der Waals surface area contributed by atoms with Crippen LogP contribution in [-0.2, 0) is 9.59 Å². The number of imide groups is 1. The minimum Gasteiger partial charge on any atom is -0.478 e. The van der Waals surface area contributed by atoms with E-state index in [9.17, 15) is 24.3 Å². The van der Waals surface area contributed by atoms with Gasteiger partial charge in [-0.05, 0) is 12.1 Å². The monoisotopic (exact) mass is 402 g/mol. The summed E-state index contributed by atoms with van der Waals surface area (Å²) in [6.07, 6.45) is 2.79. The van der Waals surface area contributed by atoms with Crippen molar-refractivity contribution in [1.29, 1.82) is 0 Å². The number of rotatable bonds is 3. The average molecular weight is 402 g/mol. The lowest BCUT2D eigenvalue weighted by Crippen LogP contribution is -2.44. The lowest BCUT2D eigenvalue weighted by molar-refractivity contribution is -0.138. The van der Waals surface area contributed by atoms with Crippen molar-refractivity contribution in [3.8, 4) is 10.6 Å². The van der Waals surface area contributed by atoms with Crippen molar-refractivity contribution >= 4 is 57.2 Å². The number of carbonyl (C=O) groups excluding carboxylic acids is 3. The Hall–Kier alpha value is -3.05. The smallest absolute Gasteiger partial charge is 0.339 e. The fraction of sp³-hybridized carbons (Fsp3) is 0.125. The highest BCUT2D eigenvalue weighted by molar-refractivity contribution is 8.15. The molecule has 0 atom stereocenters. The maximum atomic E-state index is 12.6. The summed E-state index contributed by atoms with van der Waals surface area (Å²) in [5, 5.41) is 8.56. The number of nitrogens with zero attached hydrogens (tertiary/aromatic N) is 3. The number of thiophene rings is 1. The fourth-order valence-corrected chi connectivity index (χ4v) is 4.20. The summed E-state index contributed by atoms with van der Waals surface area (Å²) in [6, 6.07) is 3.19. The minimum absolute atomic E-state index is 0.00197. The molecule has 0 unspecified atom stereocenters. The number of amides is 2. The van der Waals surface area contributed by atoms with Gasteiger partial charge in [0.2, 0.25) is 0 Å². The van der Waals surface area contributed by atoms with Crippen LogP contribution in [0.4, 0.5) is 0 Å². The summed E-state index contributed by atoms with van der Waals surface area (Å²) in [5.41, 5.74) is 0.974. The Morgan fingerprint density at radius 3 is 2.85 bits per heavy atom. The average Bonchev–Trinajstić information content (AvgIpc) is 3.29. The molecule has 11 heteroatoms. The summed E-state index contributed by atoms with van der Waals surface area (Å²) >= 11 is 2.00. The summed E-state index contributed by atoms with van der Waals surface area (Å²) in [4.78, 5) is 60.2.